The maximum atomic E-state index is 13.3. The van der Waals surface area contributed by atoms with Gasteiger partial charge in [-0.15, -0.1) is 0 Å². The molecule has 1 aromatic heterocycles. The average Bonchev–Trinajstić information content (AvgIpc) is 3.18. The Bertz CT molecular complexity index is 708. The molecular weight excluding hydrogens is 311 g/mol. The third kappa shape index (κ3) is 4.20. The number of benzene rings is 1. The molecule has 0 saturated carbocycles. The Morgan fingerprint density at radius 1 is 1.46 bits per heavy atom. The molecule has 3 rings (SSSR count). The van der Waals surface area contributed by atoms with E-state index in [1.54, 1.807) is 6.07 Å². The summed E-state index contributed by atoms with van der Waals surface area (Å²) in [4.78, 5) is 12.1. The van der Waals surface area contributed by atoms with Crippen LogP contribution in [0.25, 0.3) is 0 Å². The second kappa shape index (κ2) is 7.57. The number of nitrogens with one attached hydrogen (secondary N) is 1. The van der Waals surface area contributed by atoms with Crippen LogP contribution in [-0.4, -0.2) is 30.8 Å². The standard InChI is InChI=1S/C18H21FN2O3/c1-12-16(9-18(22)20-10-14-5-6-23-11-14)21-24-17(12)8-13-3-2-4-15(19)7-13/h2-4,7,14H,5-6,8-11H2,1H3,(H,20,22). The van der Waals surface area contributed by atoms with E-state index >= 15 is 0 Å². The minimum Gasteiger partial charge on any atom is -0.381 e. The molecule has 1 atom stereocenters. The molecule has 1 fully saturated rings. The molecule has 0 aliphatic carbocycles. The van der Waals surface area contributed by atoms with Crippen molar-refractivity contribution in [2.75, 3.05) is 19.8 Å². The molecule has 2 aromatic rings. The molecule has 0 spiro atoms. The molecule has 0 bridgehead atoms. The zero-order chi connectivity index (χ0) is 16.9. The molecule has 128 valence electrons. The first-order chi connectivity index (χ1) is 11.6. The summed E-state index contributed by atoms with van der Waals surface area (Å²) >= 11 is 0. The van der Waals surface area contributed by atoms with Gasteiger partial charge in [0.25, 0.3) is 0 Å². The number of carbonyl (C=O) groups is 1. The van der Waals surface area contributed by atoms with Gasteiger partial charge in [0, 0.05) is 31.1 Å². The van der Waals surface area contributed by atoms with E-state index in [0.29, 0.717) is 36.9 Å². The lowest BCUT2D eigenvalue weighted by atomic mass is 10.1. The molecule has 1 aromatic carbocycles. The highest BCUT2D eigenvalue weighted by molar-refractivity contribution is 5.78. The predicted molar refractivity (Wildman–Crippen MR) is 86.1 cm³/mol. The molecule has 6 heteroatoms. The fourth-order valence-electron chi connectivity index (χ4n) is 2.79. The lowest BCUT2D eigenvalue weighted by Crippen LogP contribution is -2.30. The van der Waals surface area contributed by atoms with Crippen LogP contribution < -0.4 is 5.32 Å². The summed E-state index contributed by atoms with van der Waals surface area (Å²) in [5.74, 6) is 0.708. The second-order valence-corrected chi connectivity index (χ2v) is 6.19. The zero-order valence-electron chi connectivity index (χ0n) is 13.7. The summed E-state index contributed by atoms with van der Waals surface area (Å²) in [5, 5.41) is 6.92. The van der Waals surface area contributed by atoms with Gasteiger partial charge in [0.2, 0.25) is 5.91 Å². The molecule has 24 heavy (non-hydrogen) atoms. The smallest absolute Gasteiger partial charge is 0.226 e. The van der Waals surface area contributed by atoms with Gasteiger partial charge in [-0.25, -0.2) is 4.39 Å². The number of amides is 1. The van der Waals surface area contributed by atoms with Gasteiger partial charge in [0.15, 0.2) is 0 Å². The van der Waals surface area contributed by atoms with Gasteiger partial charge in [-0.1, -0.05) is 17.3 Å². The highest BCUT2D eigenvalue weighted by Crippen LogP contribution is 2.18. The number of hydrogen-bond acceptors (Lipinski definition) is 4. The first kappa shape index (κ1) is 16.6. The van der Waals surface area contributed by atoms with Gasteiger partial charge < -0.3 is 14.6 Å². The van der Waals surface area contributed by atoms with Crippen LogP contribution in [0.15, 0.2) is 28.8 Å². The van der Waals surface area contributed by atoms with Crippen LogP contribution >= 0.6 is 0 Å². The molecule has 1 aliphatic rings. The van der Waals surface area contributed by atoms with Crippen LogP contribution in [0.4, 0.5) is 4.39 Å². The quantitative estimate of drug-likeness (QED) is 0.882. The van der Waals surface area contributed by atoms with Gasteiger partial charge in [-0.3, -0.25) is 4.79 Å². The molecule has 1 aliphatic heterocycles. The van der Waals surface area contributed by atoms with Crippen molar-refractivity contribution in [1.82, 2.24) is 10.5 Å². The minimum absolute atomic E-state index is 0.0735. The van der Waals surface area contributed by atoms with Crippen molar-refractivity contribution in [2.24, 2.45) is 5.92 Å². The molecule has 0 radical (unpaired) electrons. The highest BCUT2D eigenvalue weighted by Gasteiger charge is 2.18. The predicted octanol–water partition coefficient (Wildman–Crippen LogP) is 2.41. The second-order valence-electron chi connectivity index (χ2n) is 6.19. The summed E-state index contributed by atoms with van der Waals surface area (Å²) in [5.41, 5.74) is 2.28. The summed E-state index contributed by atoms with van der Waals surface area (Å²) in [7, 11) is 0. The van der Waals surface area contributed by atoms with Gasteiger partial charge in [-0.2, -0.15) is 0 Å². The van der Waals surface area contributed by atoms with Crippen molar-refractivity contribution >= 4 is 5.91 Å². The Balaban J connectivity index is 1.56. The monoisotopic (exact) mass is 332 g/mol. The van der Waals surface area contributed by atoms with Crippen LogP contribution in [-0.2, 0) is 22.4 Å². The van der Waals surface area contributed by atoms with E-state index in [-0.39, 0.29) is 18.1 Å². The van der Waals surface area contributed by atoms with Gasteiger partial charge >= 0.3 is 0 Å². The van der Waals surface area contributed by atoms with Crippen LogP contribution in [0, 0.1) is 18.7 Å². The summed E-state index contributed by atoms with van der Waals surface area (Å²) in [6.45, 7) is 3.98. The number of nitrogens with zero attached hydrogens (tertiary/aromatic N) is 1. The van der Waals surface area contributed by atoms with Crippen LogP contribution in [0.1, 0.15) is 29.0 Å². The van der Waals surface area contributed by atoms with E-state index in [1.807, 2.05) is 13.0 Å². The molecular formula is C18H21FN2O3. The number of ether oxygens (including phenoxy) is 1. The van der Waals surface area contributed by atoms with Crippen LogP contribution in [0.2, 0.25) is 0 Å². The summed E-state index contributed by atoms with van der Waals surface area (Å²) in [6.07, 6.45) is 1.63. The van der Waals surface area contributed by atoms with Gasteiger partial charge in [0.1, 0.15) is 11.6 Å². The van der Waals surface area contributed by atoms with Crippen molar-refractivity contribution in [2.45, 2.75) is 26.2 Å². The maximum Gasteiger partial charge on any atom is 0.226 e. The van der Waals surface area contributed by atoms with E-state index in [9.17, 15) is 9.18 Å². The zero-order valence-corrected chi connectivity index (χ0v) is 13.7. The first-order valence-corrected chi connectivity index (χ1v) is 8.14. The SMILES string of the molecule is Cc1c(CC(=O)NCC2CCOC2)noc1Cc1cccc(F)c1. The summed E-state index contributed by atoms with van der Waals surface area (Å²) in [6, 6.07) is 6.37. The van der Waals surface area contributed by atoms with Crippen LogP contribution in [0.5, 0.6) is 0 Å². The Morgan fingerprint density at radius 3 is 3.08 bits per heavy atom. The first-order valence-electron chi connectivity index (χ1n) is 8.14. The largest absolute Gasteiger partial charge is 0.381 e. The van der Waals surface area contributed by atoms with E-state index in [2.05, 4.69) is 10.5 Å². The molecule has 1 amide bonds. The van der Waals surface area contributed by atoms with Crippen molar-refractivity contribution < 1.29 is 18.4 Å². The fourth-order valence-corrected chi connectivity index (χ4v) is 2.79. The highest BCUT2D eigenvalue weighted by atomic mass is 19.1. The van der Waals surface area contributed by atoms with E-state index in [0.717, 1.165) is 24.2 Å². The molecule has 2 heterocycles. The van der Waals surface area contributed by atoms with Crippen molar-refractivity contribution in [3.63, 3.8) is 0 Å². The van der Waals surface area contributed by atoms with E-state index in [1.165, 1.54) is 12.1 Å². The third-order valence-electron chi connectivity index (χ3n) is 4.31. The number of aromatic nitrogens is 1. The summed E-state index contributed by atoms with van der Waals surface area (Å²) < 4.78 is 23.9. The lowest BCUT2D eigenvalue weighted by molar-refractivity contribution is -0.120. The topological polar surface area (TPSA) is 64.4 Å². The van der Waals surface area contributed by atoms with Gasteiger partial charge in [-0.05, 0) is 31.0 Å². The average molecular weight is 332 g/mol. The molecule has 5 nitrogen and oxygen atoms in total. The minimum atomic E-state index is -0.278. The van der Waals surface area contributed by atoms with Gasteiger partial charge in [0.05, 0.1) is 18.7 Å². The van der Waals surface area contributed by atoms with E-state index in [4.69, 9.17) is 9.26 Å². The normalized spacial score (nSPS) is 17.2. The Hall–Kier alpha value is -2.21. The molecule has 1 N–H and O–H groups in total. The molecule has 1 unspecified atom stereocenters. The number of hydrogen-bond donors (Lipinski definition) is 1. The van der Waals surface area contributed by atoms with Crippen molar-refractivity contribution in [1.29, 1.82) is 0 Å². The van der Waals surface area contributed by atoms with E-state index < -0.39 is 0 Å². The lowest BCUT2D eigenvalue weighted by Gasteiger charge is -2.08. The Labute approximate surface area is 140 Å². The van der Waals surface area contributed by atoms with Crippen molar-refractivity contribution in [3.05, 3.63) is 52.7 Å². The number of carbonyl (C=O) groups excluding carboxylic acids is 1. The Morgan fingerprint density at radius 2 is 2.33 bits per heavy atom. The number of rotatable bonds is 6. The van der Waals surface area contributed by atoms with Crippen molar-refractivity contribution in [3.8, 4) is 0 Å². The maximum absolute atomic E-state index is 13.3. The fraction of sp³-hybridized carbons (Fsp3) is 0.444. The number of halogens is 1. The van der Waals surface area contributed by atoms with Crippen LogP contribution in [0.3, 0.4) is 0 Å². The third-order valence-corrected chi connectivity index (χ3v) is 4.31. The Kier molecular flexibility index (Phi) is 5.25. The molecule has 1 saturated heterocycles.